The Hall–Kier alpha value is -3.09. The second-order valence-corrected chi connectivity index (χ2v) is 7.26. The molecule has 1 amide bonds. The molecule has 29 heavy (non-hydrogen) atoms. The zero-order valence-electron chi connectivity index (χ0n) is 16.0. The molecule has 150 valence electrons. The number of carbonyl (C=O) groups is 1. The van der Waals surface area contributed by atoms with Gasteiger partial charge in [0.2, 0.25) is 0 Å². The van der Waals surface area contributed by atoms with E-state index in [2.05, 4.69) is 26.3 Å². The van der Waals surface area contributed by atoms with Crippen molar-refractivity contribution in [1.82, 2.24) is 19.9 Å². The lowest BCUT2D eigenvalue weighted by Crippen LogP contribution is -2.47. The first-order chi connectivity index (χ1) is 14.2. The molecule has 2 saturated heterocycles. The molecule has 0 aromatic carbocycles. The number of hydrogen-bond donors (Lipinski definition) is 1. The zero-order valence-corrected chi connectivity index (χ0v) is 16.0. The maximum atomic E-state index is 12.8. The number of hydrogen-bond acceptors (Lipinski definition) is 8. The highest BCUT2D eigenvalue weighted by Crippen LogP contribution is 2.33. The van der Waals surface area contributed by atoms with Gasteiger partial charge in [-0.25, -0.2) is 15.0 Å². The van der Waals surface area contributed by atoms with Gasteiger partial charge in [0.25, 0.3) is 5.91 Å². The van der Waals surface area contributed by atoms with Crippen LogP contribution in [0.5, 0.6) is 0 Å². The number of pyridine rings is 1. The van der Waals surface area contributed by atoms with Crippen LogP contribution in [0.2, 0.25) is 0 Å². The van der Waals surface area contributed by atoms with Gasteiger partial charge >= 0.3 is 0 Å². The molecule has 0 radical (unpaired) electrons. The number of nitrogens with zero attached hydrogens (tertiary/aromatic N) is 5. The quantitative estimate of drug-likeness (QED) is 0.824. The number of nitriles is 1. The van der Waals surface area contributed by atoms with E-state index >= 15 is 0 Å². The average Bonchev–Trinajstić information content (AvgIpc) is 3.05. The molecule has 4 rings (SSSR count). The van der Waals surface area contributed by atoms with Crippen molar-refractivity contribution < 1.29 is 14.3 Å². The second-order valence-electron chi connectivity index (χ2n) is 7.26. The van der Waals surface area contributed by atoms with E-state index in [1.165, 1.54) is 12.5 Å². The minimum atomic E-state index is -0.510. The van der Waals surface area contributed by atoms with Gasteiger partial charge in [-0.2, -0.15) is 5.26 Å². The van der Waals surface area contributed by atoms with E-state index in [0.29, 0.717) is 49.9 Å². The molecular weight excluding hydrogens is 372 g/mol. The molecule has 0 unspecified atom stereocenters. The standard InChI is InChI=1S/C20H22N6O3/c21-9-15-1-2-18(23-10-15)24-11-16-3-5-20(29-16)12-26(7-8-28-13-20)19(27)17-4-6-22-14-25-17/h1-2,4,6,10,14,16H,3,5,7-8,11-13H2,(H,23,24)/t16-,20-/m1/s1. The van der Waals surface area contributed by atoms with Crippen molar-refractivity contribution >= 4 is 11.7 Å². The number of anilines is 1. The molecule has 0 aliphatic carbocycles. The van der Waals surface area contributed by atoms with Crippen molar-refractivity contribution in [3.63, 3.8) is 0 Å². The van der Waals surface area contributed by atoms with Crippen LogP contribution in [0.15, 0.2) is 36.9 Å². The van der Waals surface area contributed by atoms with Crippen molar-refractivity contribution in [1.29, 1.82) is 5.26 Å². The largest absolute Gasteiger partial charge is 0.377 e. The summed E-state index contributed by atoms with van der Waals surface area (Å²) < 4.78 is 12.1. The summed E-state index contributed by atoms with van der Waals surface area (Å²) in [5.74, 6) is 0.565. The van der Waals surface area contributed by atoms with Crippen molar-refractivity contribution in [3.8, 4) is 6.07 Å². The SMILES string of the molecule is N#Cc1ccc(NC[C@H]2CC[C@@]3(COCCN(C(=O)c4ccncn4)C3)O2)nc1. The Kier molecular flexibility index (Phi) is 5.64. The molecule has 0 bridgehead atoms. The summed E-state index contributed by atoms with van der Waals surface area (Å²) in [6.07, 6.45) is 6.15. The lowest BCUT2D eigenvalue weighted by molar-refractivity contribution is -0.0802. The van der Waals surface area contributed by atoms with Gasteiger partial charge in [-0.3, -0.25) is 4.79 Å². The molecule has 2 aromatic rings. The van der Waals surface area contributed by atoms with Crippen LogP contribution in [0.4, 0.5) is 5.82 Å². The molecule has 9 heteroatoms. The number of carbonyl (C=O) groups excluding carboxylic acids is 1. The van der Waals surface area contributed by atoms with Crippen LogP contribution < -0.4 is 5.32 Å². The van der Waals surface area contributed by atoms with Crippen LogP contribution >= 0.6 is 0 Å². The van der Waals surface area contributed by atoms with E-state index in [4.69, 9.17) is 14.7 Å². The maximum absolute atomic E-state index is 12.8. The number of amides is 1. The molecule has 2 aliphatic heterocycles. The molecular formula is C20H22N6O3. The van der Waals surface area contributed by atoms with Crippen molar-refractivity contribution in [2.24, 2.45) is 0 Å². The van der Waals surface area contributed by atoms with Crippen molar-refractivity contribution in [2.45, 2.75) is 24.5 Å². The Balaban J connectivity index is 1.37. The Morgan fingerprint density at radius 1 is 1.38 bits per heavy atom. The topological polar surface area (TPSA) is 113 Å². The third-order valence-electron chi connectivity index (χ3n) is 5.18. The minimum absolute atomic E-state index is 0.00912. The van der Waals surface area contributed by atoms with Gasteiger partial charge in [-0.1, -0.05) is 0 Å². The Morgan fingerprint density at radius 2 is 2.31 bits per heavy atom. The average molecular weight is 394 g/mol. The van der Waals surface area contributed by atoms with Gasteiger partial charge < -0.3 is 19.7 Å². The van der Waals surface area contributed by atoms with Gasteiger partial charge in [-0.15, -0.1) is 0 Å². The van der Waals surface area contributed by atoms with Crippen molar-refractivity contribution in [2.75, 3.05) is 38.2 Å². The third kappa shape index (κ3) is 4.50. The van der Waals surface area contributed by atoms with Gasteiger partial charge in [0.1, 0.15) is 29.5 Å². The summed E-state index contributed by atoms with van der Waals surface area (Å²) in [7, 11) is 0. The van der Waals surface area contributed by atoms with E-state index in [1.807, 2.05) is 0 Å². The van der Waals surface area contributed by atoms with Crippen LogP contribution in [0, 0.1) is 11.3 Å². The van der Waals surface area contributed by atoms with Crippen LogP contribution in [-0.2, 0) is 9.47 Å². The van der Waals surface area contributed by atoms with Gasteiger partial charge in [0, 0.05) is 25.5 Å². The number of ether oxygens (including phenoxy) is 2. The molecule has 2 aliphatic rings. The predicted octanol–water partition coefficient (Wildman–Crippen LogP) is 1.25. The molecule has 4 heterocycles. The summed E-state index contributed by atoms with van der Waals surface area (Å²) in [4.78, 5) is 26.7. The lowest BCUT2D eigenvalue weighted by Gasteiger charge is -2.31. The Bertz CT molecular complexity index is 885. The summed E-state index contributed by atoms with van der Waals surface area (Å²) >= 11 is 0. The molecule has 2 fully saturated rings. The summed E-state index contributed by atoms with van der Waals surface area (Å²) in [5, 5.41) is 12.1. The molecule has 9 nitrogen and oxygen atoms in total. The minimum Gasteiger partial charge on any atom is -0.377 e. The molecule has 0 saturated carbocycles. The van der Waals surface area contributed by atoms with Gasteiger partial charge in [0.05, 0.1) is 31.4 Å². The lowest BCUT2D eigenvalue weighted by atomic mass is 10.00. The number of rotatable bonds is 4. The fourth-order valence-corrected chi connectivity index (χ4v) is 3.70. The maximum Gasteiger partial charge on any atom is 0.272 e. The van der Waals surface area contributed by atoms with E-state index < -0.39 is 5.60 Å². The smallest absolute Gasteiger partial charge is 0.272 e. The predicted molar refractivity (Wildman–Crippen MR) is 103 cm³/mol. The Labute approximate surface area is 168 Å². The number of nitrogens with one attached hydrogen (secondary N) is 1. The monoisotopic (exact) mass is 394 g/mol. The first kappa shape index (κ1) is 19.2. The van der Waals surface area contributed by atoms with Gasteiger partial charge in [0.15, 0.2) is 0 Å². The van der Waals surface area contributed by atoms with E-state index in [9.17, 15) is 4.79 Å². The zero-order chi connectivity index (χ0) is 20.1. The van der Waals surface area contributed by atoms with E-state index in [1.54, 1.807) is 29.3 Å². The van der Waals surface area contributed by atoms with Crippen LogP contribution in [0.3, 0.4) is 0 Å². The normalized spacial score (nSPS) is 24.1. The first-order valence-electron chi connectivity index (χ1n) is 9.58. The highest BCUT2D eigenvalue weighted by Gasteiger charge is 2.44. The molecule has 1 spiro atoms. The van der Waals surface area contributed by atoms with Crippen LogP contribution in [0.25, 0.3) is 0 Å². The highest BCUT2D eigenvalue weighted by atomic mass is 16.6. The van der Waals surface area contributed by atoms with Crippen LogP contribution in [-0.4, -0.2) is 70.3 Å². The number of aromatic nitrogens is 3. The molecule has 1 N–H and O–H groups in total. The summed E-state index contributed by atoms with van der Waals surface area (Å²) in [6, 6.07) is 7.17. The summed E-state index contributed by atoms with van der Waals surface area (Å²) in [6.45, 7) is 2.51. The highest BCUT2D eigenvalue weighted by molar-refractivity contribution is 5.92. The van der Waals surface area contributed by atoms with Crippen LogP contribution in [0.1, 0.15) is 28.9 Å². The summed E-state index contributed by atoms with van der Waals surface area (Å²) in [5.41, 5.74) is 0.389. The van der Waals surface area contributed by atoms with E-state index in [-0.39, 0.29) is 12.0 Å². The second kappa shape index (κ2) is 8.51. The fraction of sp³-hybridized carbons (Fsp3) is 0.450. The van der Waals surface area contributed by atoms with Crippen molar-refractivity contribution in [3.05, 3.63) is 48.2 Å². The molecule has 2 atom stereocenters. The third-order valence-corrected chi connectivity index (χ3v) is 5.18. The van der Waals surface area contributed by atoms with Gasteiger partial charge in [-0.05, 0) is 31.0 Å². The molecule has 2 aromatic heterocycles. The first-order valence-corrected chi connectivity index (χ1v) is 9.58. The Morgan fingerprint density at radius 3 is 3.07 bits per heavy atom. The fourth-order valence-electron chi connectivity index (χ4n) is 3.70. The van der Waals surface area contributed by atoms with E-state index in [0.717, 1.165) is 12.8 Å².